The molecule has 0 N–H and O–H groups in total. The van der Waals surface area contributed by atoms with Crippen LogP contribution < -0.4 is 0 Å². The smallest absolute Gasteiger partial charge is 0.431 e. The minimum Gasteiger partial charge on any atom is -0.431 e. The van der Waals surface area contributed by atoms with Crippen molar-refractivity contribution in [3.8, 4) is 0 Å². The molecule has 3 nitrogen and oxygen atoms in total. The standard InChI is InChI=1S/C17H32O3/c1-17(2,3)20-16(18)19-15-13-11-9-7-5-4-6-8-10-12-14-15/h15H,4-14H2,1-3H3. The molecule has 0 aromatic rings. The van der Waals surface area contributed by atoms with Gasteiger partial charge in [0.05, 0.1) is 0 Å². The lowest BCUT2D eigenvalue weighted by Gasteiger charge is -2.23. The van der Waals surface area contributed by atoms with E-state index >= 15 is 0 Å². The average Bonchev–Trinajstić information content (AvgIpc) is 2.30. The lowest BCUT2D eigenvalue weighted by Crippen LogP contribution is -2.27. The highest BCUT2D eigenvalue weighted by atomic mass is 16.7. The fraction of sp³-hybridized carbons (Fsp3) is 0.941. The fourth-order valence-electron chi connectivity index (χ4n) is 2.65. The molecule has 0 spiro atoms. The van der Waals surface area contributed by atoms with Gasteiger partial charge in [-0.3, -0.25) is 0 Å². The van der Waals surface area contributed by atoms with Gasteiger partial charge in [-0.15, -0.1) is 0 Å². The Morgan fingerprint density at radius 2 is 1.20 bits per heavy atom. The van der Waals surface area contributed by atoms with Gasteiger partial charge in [-0.2, -0.15) is 0 Å². The average molecular weight is 284 g/mol. The molecule has 0 heterocycles. The Hall–Kier alpha value is -0.730. The number of hydrogen-bond donors (Lipinski definition) is 0. The summed E-state index contributed by atoms with van der Waals surface area (Å²) in [5.74, 6) is 0. The Kier molecular flexibility index (Phi) is 8.01. The molecular weight excluding hydrogens is 252 g/mol. The summed E-state index contributed by atoms with van der Waals surface area (Å²) in [6.07, 6.45) is 13.1. The van der Waals surface area contributed by atoms with Crippen molar-refractivity contribution in [2.45, 2.75) is 103 Å². The van der Waals surface area contributed by atoms with Gasteiger partial charge >= 0.3 is 6.16 Å². The van der Waals surface area contributed by atoms with Crippen LogP contribution in [0, 0.1) is 0 Å². The van der Waals surface area contributed by atoms with Crippen LogP contribution >= 0.6 is 0 Å². The van der Waals surface area contributed by atoms with E-state index in [2.05, 4.69) is 0 Å². The van der Waals surface area contributed by atoms with Gasteiger partial charge in [-0.05, 0) is 46.5 Å². The summed E-state index contributed by atoms with van der Waals surface area (Å²) in [5.41, 5.74) is -0.470. The predicted octanol–water partition coefficient (Wildman–Crippen LogP) is 5.61. The van der Waals surface area contributed by atoms with E-state index in [1.54, 1.807) is 0 Å². The molecule has 0 aromatic carbocycles. The summed E-state index contributed by atoms with van der Waals surface area (Å²) < 4.78 is 10.8. The molecule has 1 rings (SSSR count). The van der Waals surface area contributed by atoms with Gasteiger partial charge in [0.1, 0.15) is 11.7 Å². The zero-order valence-corrected chi connectivity index (χ0v) is 13.6. The summed E-state index contributed by atoms with van der Waals surface area (Å²) in [6, 6.07) is 0. The summed E-state index contributed by atoms with van der Waals surface area (Å²) >= 11 is 0. The van der Waals surface area contributed by atoms with Crippen LogP contribution in [-0.4, -0.2) is 17.9 Å². The molecule has 20 heavy (non-hydrogen) atoms. The molecule has 1 saturated carbocycles. The molecule has 0 bridgehead atoms. The second-order valence-corrected chi connectivity index (χ2v) is 6.96. The molecule has 1 fully saturated rings. The van der Waals surface area contributed by atoms with Crippen molar-refractivity contribution < 1.29 is 14.3 Å². The molecule has 0 amide bonds. The normalized spacial score (nSPS) is 20.6. The fourth-order valence-corrected chi connectivity index (χ4v) is 2.65. The van der Waals surface area contributed by atoms with Crippen LogP contribution in [0.2, 0.25) is 0 Å². The highest BCUT2D eigenvalue weighted by molar-refractivity contribution is 5.60. The maximum absolute atomic E-state index is 11.8. The molecule has 0 aromatic heterocycles. The summed E-state index contributed by atoms with van der Waals surface area (Å²) in [5, 5.41) is 0. The van der Waals surface area contributed by atoms with Crippen molar-refractivity contribution >= 4 is 6.16 Å². The molecule has 0 atom stereocenters. The van der Waals surface area contributed by atoms with E-state index in [9.17, 15) is 4.79 Å². The maximum atomic E-state index is 11.8. The number of hydrogen-bond acceptors (Lipinski definition) is 3. The quantitative estimate of drug-likeness (QED) is 0.587. The van der Waals surface area contributed by atoms with E-state index in [1.807, 2.05) is 20.8 Å². The third kappa shape index (κ3) is 9.22. The van der Waals surface area contributed by atoms with Crippen molar-refractivity contribution in [3.05, 3.63) is 0 Å². The van der Waals surface area contributed by atoms with Crippen LogP contribution in [0.1, 0.15) is 91.4 Å². The molecule has 3 heteroatoms. The van der Waals surface area contributed by atoms with Gasteiger partial charge in [-0.1, -0.05) is 44.9 Å². The Morgan fingerprint density at radius 3 is 1.60 bits per heavy atom. The van der Waals surface area contributed by atoms with E-state index < -0.39 is 11.8 Å². The van der Waals surface area contributed by atoms with Gasteiger partial charge in [0, 0.05) is 0 Å². The summed E-state index contributed by atoms with van der Waals surface area (Å²) in [6.45, 7) is 5.61. The number of ether oxygens (including phenoxy) is 2. The van der Waals surface area contributed by atoms with Crippen LogP contribution in [0.25, 0.3) is 0 Å². The van der Waals surface area contributed by atoms with Crippen molar-refractivity contribution in [2.75, 3.05) is 0 Å². The Bertz CT molecular complexity index is 256. The molecule has 0 unspecified atom stereocenters. The number of carbonyl (C=O) groups is 1. The minimum absolute atomic E-state index is 0.0456. The first-order valence-corrected chi connectivity index (χ1v) is 8.37. The van der Waals surface area contributed by atoms with Crippen molar-refractivity contribution in [1.29, 1.82) is 0 Å². The lowest BCUT2D eigenvalue weighted by atomic mass is 9.99. The molecular formula is C17H32O3. The van der Waals surface area contributed by atoms with Crippen molar-refractivity contribution in [3.63, 3.8) is 0 Å². The van der Waals surface area contributed by atoms with Crippen molar-refractivity contribution in [1.82, 2.24) is 0 Å². The summed E-state index contributed by atoms with van der Waals surface area (Å²) in [7, 11) is 0. The van der Waals surface area contributed by atoms with Gasteiger partial charge < -0.3 is 9.47 Å². The topological polar surface area (TPSA) is 35.5 Å². The van der Waals surface area contributed by atoms with E-state index in [0.717, 1.165) is 25.7 Å². The Balaban J connectivity index is 2.36. The predicted molar refractivity (Wildman–Crippen MR) is 81.9 cm³/mol. The van der Waals surface area contributed by atoms with Gasteiger partial charge in [0.2, 0.25) is 0 Å². The van der Waals surface area contributed by atoms with Crippen LogP contribution in [0.5, 0.6) is 0 Å². The SMILES string of the molecule is CC(C)(C)OC(=O)OC1CCCCCCCCCCC1. The largest absolute Gasteiger partial charge is 0.509 e. The molecule has 0 aliphatic heterocycles. The molecule has 1 aliphatic carbocycles. The minimum atomic E-state index is -0.505. The zero-order chi connectivity index (χ0) is 14.8. The third-order valence-electron chi connectivity index (χ3n) is 3.70. The number of rotatable bonds is 1. The second kappa shape index (κ2) is 9.25. The first-order valence-electron chi connectivity index (χ1n) is 8.37. The highest BCUT2D eigenvalue weighted by Gasteiger charge is 2.21. The van der Waals surface area contributed by atoms with E-state index in [4.69, 9.17) is 9.47 Å². The summed E-state index contributed by atoms with van der Waals surface area (Å²) in [4.78, 5) is 11.8. The molecule has 0 saturated heterocycles. The van der Waals surface area contributed by atoms with Crippen LogP contribution in [0.15, 0.2) is 0 Å². The van der Waals surface area contributed by atoms with Gasteiger partial charge in [0.15, 0.2) is 0 Å². The van der Waals surface area contributed by atoms with E-state index in [-0.39, 0.29) is 6.10 Å². The van der Waals surface area contributed by atoms with Gasteiger partial charge in [0.25, 0.3) is 0 Å². The van der Waals surface area contributed by atoms with Crippen molar-refractivity contribution in [2.24, 2.45) is 0 Å². The van der Waals surface area contributed by atoms with Crippen LogP contribution in [0.4, 0.5) is 4.79 Å². The maximum Gasteiger partial charge on any atom is 0.509 e. The third-order valence-corrected chi connectivity index (χ3v) is 3.70. The molecule has 118 valence electrons. The van der Waals surface area contributed by atoms with E-state index in [0.29, 0.717) is 0 Å². The molecule has 0 radical (unpaired) electrons. The zero-order valence-electron chi connectivity index (χ0n) is 13.6. The monoisotopic (exact) mass is 284 g/mol. The van der Waals surface area contributed by atoms with Crippen LogP contribution in [-0.2, 0) is 9.47 Å². The Morgan fingerprint density at radius 1 is 0.800 bits per heavy atom. The Labute approximate surface area is 124 Å². The highest BCUT2D eigenvalue weighted by Crippen LogP contribution is 2.20. The second-order valence-electron chi connectivity index (χ2n) is 6.96. The first kappa shape index (κ1) is 17.3. The first-order chi connectivity index (χ1) is 9.47. The molecule has 1 aliphatic rings. The van der Waals surface area contributed by atoms with Crippen LogP contribution in [0.3, 0.4) is 0 Å². The van der Waals surface area contributed by atoms with Gasteiger partial charge in [-0.25, -0.2) is 4.79 Å². The number of carbonyl (C=O) groups excluding carboxylic acids is 1. The lowest BCUT2D eigenvalue weighted by molar-refractivity contribution is -0.0307. The van der Waals surface area contributed by atoms with E-state index in [1.165, 1.54) is 44.9 Å².